The molecule has 0 unspecified atom stereocenters. The Bertz CT molecular complexity index is 726. The van der Waals surface area contributed by atoms with Gasteiger partial charge in [0.2, 0.25) is 0 Å². The molecule has 1 heterocycles. The van der Waals surface area contributed by atoms with E-state index in [2.05, 4.69) is 20.6 Å². The third-order valence-corrected chi connectivity index (χ3v) is 4.73. The van der Waals surface area contributed by atoms with Crippen LogP contribution in [-0.4, -0.2) is 37.7 Å². The molecule has 2 rings (SSSR count). The number of halogens is 4. The zero-order chi connectivity index (χ0) is 20.2. The van der Waals surface area contributed by atoms with Gasteiger partial charge >= 0.3 is 6.18 Å². The van der Waals surface area contributed by atoms with E-state index in [9.17, 15) is 13.2 Å². The lowest BCUT2D eigenvalue weighted by Gasteiger charge is -2.11. The molecule has 0 atom stereocenters. The molecule has 0 bridgehead atoms. The van der Waals surface area contributed by atoms with E-state index in [0.717, 1.165) is 41.7 Å². The summed E-state index contributed by atoms with van der Waals surface area (Å²) in [4.78, 5) is 7.71. The second-order valence-electron chi connectivity index (χ2n) is 6.05. The first-order valence-corrected chi connectivity index (χ1v) is 9.95. The van der Waals surface area contributed by atoms with Crippen molar-refractivity contribution in [3.8, 4) is 0 Å². The summed E-state index contributed by atoms with van der Waals surface area (Å²) in [5.74, 6) is 0.623. The van der Waals surface area contributed by atoms with Gasteiger partial charge in [-0.05, 0) is 18.4 Å². The number of aromatic nitrogens is 1. The number of alkyl halides is 3. The van der Waals surface area contributed by atoms with Crippen molar-refractivity contribution >= 4 is 41.3 Å². The molecule has 1 aromatic heterocycles. The Balaban J connectivity index is 0.00000420. The molecular formula is C19H26F3IN4OS. The highest BCUT2D eigenvalue weighted by Crippen LogP contribution is 2.29. The molecule has 5 nitrogen and oxygen atoms in total. The summed E-state index contributed by atoms with van der Waals surface area (Å²) < 4.78 is 43.2. The van der Waals surface area contributed by atoms with Crippen LogP contribution < -0.4 is 10.6 Å². The van der Waals surface area contributed by atoms with E-state index in [1.807, 2.05) is 30.3 Å². The van der Waals surface area contributed by atoms with Crippen LogP contribution >= 0.6 is 35.3 Å². The Morgan fingerprint density at radius 1 is 1.14 bits per heavy atom. The first-order valence-electron chi connectivity index (χ1n) is 9.07. The Morgan fingerprint density at radius 2 is 1.86 bits per heavy atom. The third-order valence-electron chi connectivity index (χ3n) is 3.82. The monoisotopic (exact) mass is 542 g/mol. The van der Waals surface area contributed by atoms with Gasteiger partial charge in [0.05, 0.1) is 11.6 Å². The topological polar surface area (TPSA) is 58.5 Å². The molecule has 1 aromatic carbocycles. The largest absolute Gasteiger partial charge is 0.434 e. The normalized spacial score (nSPS) is 11.8. The van der Waals surface area contributed by atoms with Crippen LogP contribution in [0.25, 0.3) is 0 Å². The van der Waals surface area contributed by atoms with Gasteiger partial charge in [-0.15, -0.1) is 35.3 Å². The fraction of sp³-hybridized carbons (Fsp3) is 0.474. The van der Waals surface area contributed by atoms with Crippen molar-refractivity contribution < 1.29 is 17.9 Å². The maximum Gasteiger partial charge on any atom is 0.434 e. The zero-order valence-electron chi connectivity index (χ0n) is 16.2. The first kappa shape index (κ1) is 25.6. The van der Waals surface area contributed by atoms with E-state index in [1.165, 1.54) is 0 Å². The van der Waals surface area contributed by atoms with Crippen molar-refractivity contribution in [2.24, 2.45) is 4.99 Å². The van der Waals surface area contributed by atoms with Crippen LogP contribution in [0.2, 0.25) is 0 Å². The average molecular weight is 542 g/mol. The number of rotatable bonds is 10. The van der Waals surface area contributed by atoms with E-state index in [-0.39, 0.29) is 24.0 Å². The maximum absolute atomic E-state index is 12.5. The minimum atomic E-state index is -4.38. The van der Waals surface area contributed by atoms with Crippen LogP contribution in [0.5, 0.6) is 0 Å². The van der Waals surface area contributed by atoms with Crippen molar-refractivity contribution in [1.29, 1.82) is 0 Å². The second kappa shape index (κ2) is 13.8. The highest BCUT2D eigenvalue weighted by atomic mass is 127. The number of nitrogens with zero attached hydrogens (tertiary/aromatic N) is 2. The van der Waals surface area contributed by atoms with Crippen LogP contribution in [0.1, 0.15) is 29.1 Å². The van der Waals surface area contributed by atoms with Crippen LogP contribution in [0.15, 0.2) is 40.7 Å². The van der Waals surface area contributed by atoms with Gasteiger partial charge in [-0.25, -0.2) is 4.98 Å². The SMILES string of the molecule is CN=C(NCCCCOCc1ccccc1)NCCc1nc(C(F)(F)F)cs1.I. The van der Waals surface area contributed by atoms with Crippen LogP contribution in [0, 0.1) is 0 Å². The summed E-state index contributed by atoms with van der Waals surface area (Å²) in [6, 6.07) is 10.0. The first-order chi connectivity index (χ1) is 13.5. The number of ether oxygens (including phenoxy) is 1. The van der Waals surface area contributed by atoms with Crippen LogP contribution in [-0.2, 0) is 23.9 Å². The molecule has 0 aliphatic carbocycles. The van der Waals surface area contributed by atoms with Crippen LogP contribution in [0.4, 0.5) is 13.2 Å². The fourth-order valence-electron chi connectivity index (χ4n) is 2.36. The smallest absolute Gasteiger partial charge is 0.377 e. The van der Waals surface area contributed by atoms with E-state index in [1.54, 1.807) is 7.05 Å². The molecule has 0 saturated carbocycles. The van der Waals surface area contributed by atoms with Crippen LogP contribution in [0.3, 0.4) is 0 Å². The lowest BCUT2D eigenvalue weighted by molar-refractivity contribution is -0.140. The molecule has 0 fully saturated rings. The van der Waals surface area contributed by atoms with Crippen molar-refractivity contribution in [2.75, 3.05) is 26.7 Å². The predicted molar refractivity (Wildman–Crippen MR) is 121 cm³/mol. The van der Waals surface area contributed by atoms with Gasteiger partial charge in [-0.3, -0.25) is 4.99 Å². The Labute approximate surface area is 190 Å². The van der Waals surface area contributed by atoms with Crippen molar-refractivity contribution in [3.05, 3.63) is 52.0 Å². The van der Waals surface area contributed by atoms with Crippen molar-refractivity contribution in [2.45, 2.75) is 32.0 Å². The highest BCUT2D eigenvalue weighted by Gasteiger charge is 2.33. The molecule has 0 radical (unpaired) electrons. The molecule has 0 amide bonds. The zero-order valence-corrected chi connectivity index (χ0v) is 19.3. The lowest BCUT2D eigenvalue weighted by Crippen LogP contribution is -2.38. The summed E-state index contributed by atoms with van der Waals surface area (Å²) in [6.07, 6.45) is -2.12. The van der Waals surface area contributed by atoms with E-state index >= 15 is 0 Å². The van der Waals surface area contributed by atoms with Crippen molar-refractivity contribution in [3.63, 3.8) is 0 Å². The third kappa shape index (κ3) is 10.3. The van der Waals surface area contributed by atoms with Gasteiger partial charge in [0.25, 0.3) is 0 Å². The summed E-state index contributed by atoms with van der Waals surface area (Å²) in [6.45, 7) is 2.51. The standard InChI is InChI=1S/C19H25F3N4OS.HI/c1-23-18(25-11-9-17-26-16(14-28-17)19(20,21)22)24-10-5-6-12-27-13-15-7-3-2-4-8-15;/h2-4,7-8,14H,5-6,9-13H2,1H3,(H2,23,24,25);1H. The summed E-state index contributed by atoms with van der Waals surface area (Å²) in [5, 5.41) is 7.76. The van der Waals surface area contributed by atoms with Gasteiger partial charge in [0.15, 0.2) is 11.7 Å². The molecule has 162 valence electrons. The van der Waals surface area contributed by atoms with E-state index in [4.69, 9.17) is 4.74 Å². The lowest BCUT2D eigenvalue weighted by atomic mass is 10.2. The quantitative estimate of drug-likeness (QED) is 0.201. The van der Waals surface area contributed by atoms with Gasteiger partial charge in [0, 0.05) is 38.5 Å². The van der Waals surface area contributed by atoms with Crippen molar-refractivity contribution in [1.82, 2.24) is 15.6 Å². The highest BCUT2D eigenvalue weighted by molar-refractivity contribution is 14.0. The summed E-state index contributed by atoms with van der Waals surface area (Å²) >= 11 is 1.02. The number of thiazole rings is 1. The molecule has 2 N–H and O–H groups in total. The molecule has 0 saturated heterocycles. The number of hydrogen-bond acceptors (Lipinski definition) is 4. The molecule has 10 heteroatoms. The summed E-state index contributed by atoms with van der Waals surface area (Å²) in [5.41, 5.74) is 0.331. The number of nitrogens with one attached hydrogen (secondary N) is 2. The van der Waals surface area contributed by atoms with E-state index < -0.39 is 11.9 Å². The molecule has 0 aliphatic heterocycles. The fourth-order valence-corrected chi connectivity index (χ4v) is 3.17. The van der Waals surface area contributed by atoms with E-state index in [0.29, 0.717) is 37.1 Å². The average Bonchev–Trinajstić information content (AvgIpc) is 3.16. The maximum atomic E-state index is 12.5. The minimum Gasteiger partial charge on any atom is -0.377 e. The Morgan fingerprint density at radius 3 is 2.52 bits per heavy atom. The van der Waals surface area contributed by atoms with Gasteiger partial charge in [-0.2, -0.15) is 13.2 Å². The Kier molecular flexibility index (Phi) is 12.2. The van der Waals surface area contributed by atoms with Gasteiger partial charge < -0.3 is 15.4 Å². The summed E-state index contributed by atoms with van der Waals surface area (Å²) in [7, 11) is 1.66. The number of aliphatic imine (C=N–C) groups is 1. The predicted octanol–water partition coefficient (Wildman–Crippen LogP) is 4.48. The second-order valence-corrected chi connectivity index (χ2v) is 6.99. The molecule has 0 aliphatic rings. The minimum absolute atomic E-state index is 0. The molecular weight excluding hydrogens is 516 g/mol. The Hall–Kier alpha value is -1.40. The molecule has 2 aromatic rings. The number of guanidine groups is 1. The molecule has 29 heavy (non-hydrogen) atoms. The molecule has 0 spiro atoms. The number of benzene rings is 1. The van der Waals surface area contributed by atoms with Gasteiger partial charge in [0.1, 0.15) is 0 Å². The van der Waals surface area contributed by atoms with Gasteiger partial charge in [-0.1, -0.05) is 30.3 Å². The number of hydrogen-bond donors (Lipinski definition) is 2. The number of unbranched alkanes of at least 4 members (excludes halogenated alkanes) is 1.